The van der Waals surface area contributed by atoms with Gasteiger partial charge >= 0.3 is 5.97 Å². The van der Waals surface area contributed by atoms with Crippen molar-refractivity contribution in [3.05, 3.63) is 11.6 Å². The second-order valence-electron chi connectivity index (χ2n) is 4.75. The van der Waals surface area contributed by atoms with Gasteiger partial charge in [0.05, 0.1) is 12.7 Å². The highest BCUT2D eigenvalue weighted by Crippen LogP contribution is 2.36. The molecule has 5 heteroatoms. The zero-order valence-electron chi connectivity index (χ0n) is 10.3. The van der Waals surface area contributed by atoms with Gasteiger partial charge in [-0.25, -0.2) is 4.79 Å². The first kappa shape index (κ1) is 12.5. The molecule has 0 radical (unpaired) electrons. The fourth-order valence-electron chi connectivity index (χ4n) is 2.23. The third kappa shape index (κ3) is 2.51. The summed E-state index contributed by atoms with van der Waals surface area (Å²) in [5, 5.41) is 9.95. The monoisotopic (exact) mass is 242 g/mol. The summed E-state index contributed by atoms with van der Waals surface area (Å²) < 4.78 is 16.1. The molecule has 0 saturated carbocycles. The molecule has 0 aromatic heterocycles. The van der Waals surface area contributed by atoms with Gasteiger partial charge in [0.2, 0.25) is 0 Å². The molecule has 1 N–H and O–H groups in total. The van der Waals surface area contributed by atoms with Crippen molar-refractivity contribution in [3.8, 4) is 0 Å². The van der Waals surface area contributed by atoms with E-state index in [4.69, 9.17) is 14.2 Å². The molecule has 0 amide bonds. The Balaban J connectivity index is 2.15. The summed E-state index contributed by atoms with van der Waals surface area (Å²) in [7, 11) is 0. The molecular weight excluding hydrogens is 224 g/mol. The molecular formula is C12H18O5. The van der Waals surface area contributed by atoms with Crippen LogP contribution in [-0.2, 0) is 19.0 Å². The van der Waals surface area contributed by atoms with E-state index in [1.807, 2.05) is 0 Å². The number of carbonyl (C=O) groups excluding carboxylic acids is 1. The Labute approximate surface area is 100 Å². The Morgan fingerprint density at radius 3 is 2.94 bits per heavy atom. The van der Waals surface area contributed by atoms with Crippen molar-refractivity contribution in [2.45, 2.75) is 51.3 Å². The molecule has 0 unspecified atom stereocenters. The fourth-order valence-corrected chi connectivity index (χ4v) is 2.23. The summed E-state index contributed by atoms with van der Waals surface area (Å²) in [5.74, 6) is -1.12. The Bertz CT molecular complexity index is 347. The Kier molecular flexibility index (Phi) is 3.25. The van der Waals surface area contributed by atoms with Gasteiger partial charge in [0.1, 0.15) is 12.2 Å². The number of ether oxygens (including phenoxy) is 3. The van der Waals surface area contributed by atoms with E-state index >= 15 is 0 Å². The summed E-state index contributed by atoms with van der Waals surface area (Å²) in [6, 6.07) is 0. The number of hydrogen-bond donors (Lipinski definition) is 1. The molecule has 2 aliphatic rings. The molecule has 17 heavy (non-hydrogen) atoms. The lowest BCUT2D eigenvalue weighted by Crippen LogP contribution is -2.39. The van der Waals surface area contributed by atoms with E-state index in [1.165, 1.54) is 0 Å². The van der Waals surface area contributed by atoms with Gasteiger partial charge in [0.25, 0.3) is 0 Å². The van der Waals surface area contributed by atoms with Crippen molar-refractivity contribution in [2.24, 2.45) is 0 Å². The lowest BCUT2D eigenvalue weighted by molar-refractivity contribution is -0.152. The van der Waals surface area contributed by atoms with Gasteiger partial charge in [-0.05, 0) is 26.8 Å². The summed E-state index contributed by atoms with van der Waals surface area (Å²) in [6.07, 6.45) is 0.436. The number of carbonyl (C=O) groups is 1. The molecule has 0 spiro atoms. The van der Waals surface area contributed by atoms with E-state index in [1.54, 1.807) is 26.8 Å². The molecule has 1 fully saturated rings. The van der Waals surface area contributed by atoms with Crippen molar-refractivity contribution in [1.29, 1.82) is 0 Å². The predicted molar refractivity (Wildman–Crippen MR) is 59.2 cm³/mol. The summed E-state index contributed by atoms with van der Waals surface area (Å²) in [6.45, 7) is 5.65. The minimum atomic E-state index is -0.730. The first-order valence-electron chi connectivity index (χ1n) is 5.84. The lowest BCUT2D eigenvalue weighted by atomic mass is 9.92. The molecule has 1 heterocycles. The molecule has 1 saturated heterocycles. The van der Waals surface area contributed by atoms with Crippen molar-refractivity contribution in [2.75, 3.05) is 6.61 Å². The van der Waals surface area contributed by atoms with Crippen LogP contribution in [0, 0.1) is 0 Å². The van der Waals surface area contributed by atoms with E-state index in [0.717, 1.165) is 0 Å². The number of aliphatic hydroxyl groups is 1. The Morgan fingerprint density at radius 1 is 1.59 bits per heavy atom. The second-order valence-corrected chi connectivity index (χ2v) is 4.75. The average molecular weight is 242 g/mol. The maximum absolute atomic E-state index is 11.6. The molecule has 0 bridgehead atoms. The van der Waals surface area contributed by atoms with Crippen LogP contribution < -0.4 is 0 Å². The molecule has 0 aromatic rings. The number of aliphatic hydroxyl groups excluding tert-OH is 1. The van der Waals surface area contributed by atoms with Crippen LogP contribution in [0.25, 0.3) is 0 Å². The summed E-state index contributed by atoms with van der Waals surface area (Å²) in [5.41, 5.74) is 0.460. The number of hydrogen-bond acceptors (Lipinski definition) is 5. The number of fused-ring (bicyclic) bond motifs is 1. The van der Waals surface area contributed by atoms with Crippen LogP contribution in [0.1, 0.15) is 27.2 Å². The minimum Gasteiger partial charge on any atom is -0.463 e. The van der Waals surface area contributed by atoms with Crippen LogP contribution in [0.15, 0.2) is 11.6 Å². The molecule has 2 rings (SSSR count). The maximum Gasteiger partial charge on any atom is 0.333 e. The van der Waals surface area contributed by atoms with Gasteiger partial charge in [0, 0.05) is 12.0 Å². The van der Waals surface area contributed by atoms with Crippen LogP contribution in [-0.4, -0.2) is 41.8 Å². The van der Waals surface area contributed by atoms with Crippen LogP contribution >= 0.6 is 0 Å². The zero-order valence-corrected chi connectivity index (χ0v) is 10.3. The van der Waals surface area contributed by atoms with E-state index in [2.05, 4.69) is 0 Å². The van der Waals surface area contributed by atoms with Gasteiger partial charge in [-0.1, -0.05) is 0 Å². The Hall–Kier alpha value is -0.910. The second kappa shape index (κ2) is 4.40. The highest BCUT2D eigenvalue weighted by atomic mass is 16.8. The first-order chi connectivity index (χ1) is 7.93. The topological polar surface area (TPSA) is 65.0 Å². The zero-order chi connectivity index (χ0) is 12.6. The van der Waals surface area contributed by atoms with Gasteiger partial charge in [-0.3, -0.25) is 0 Å². The van der Waals surface area contributed by atoms with Crippen molar-refractivity contribution >= 4 is 5.97 Å². The molecule has 5 nitrogen and oxygen atoms in total. The quantitative estimate of drug-likeness (QED) is 0.724. The third-order valence-electron chi connectivity index (χ3n) is 2.87. The van der Waals surface area contributed by atoms with Crippen molar-refractivity contribution in [1.82, 2.24) is 0 Å². The number of esters is 1. The van der Waals surface area contributed by atoms with E-state index in [9.17, 15) is 9.90 Å². The molecule has 3 atom stereocenters. The van der Waals surface area contributed by atoms with Gasteiger partial charge < -0.3 is 19.3 Å². The van der Waals surface area contributed by atoms with Crippen molar-refractivity contribution < 1.29 is 24.1 Å². The van der Waals surface area contributed by atoms with Gasteiger partial charge in [-0.2, -0.15) is 0 Å². The smallest absolute Gasteiger partial charge is 0.333 e. The number of rotatable bonds is 2. The molecule has 0 aromatic carbocycles. The van der Waals surface area contributed by atoms with Crippen LogP contribution in [0.2, 0.25) is 0 Å². The predicted octanol–water partition coefficient (Wildman–Crippen LogP) is 0.761. The average Bonchev–Trinajstić information content (AvgIpc) is 2.53. The Morgan fingerprint density at radius 2 is 2.29 bits per heavy atom. The molecule has 1 aliphatic carbocycles. The fraction of sp³-hybridized carbons (Fsp3) is 0.750. The summed E-state index contributed by atoms with van der Waals surface area (Å²) >= 11 is 0. The largest absolute Gasteiger partial charge is 0.463 e. The van der Waals surface area contributed by atoms with Crippen LogP contribution in [0.3, 0.4) is 0 Å². The van der Waals surface area contributed by atoms with E-state index in [0.29, 0.717) is 12.2 Å². The normalized spacial score (nSPS) is 35.1. The molecule has 1 aliphatic heterocycles. The summed E-state index contributed by atoms with van der Waals surface area (Å²) in [4.78, 5) is 11.6. The lowest BCUT2D eigenvalue weighted by Gasteiger charge is -2.26. The minimum absolute atomic E-state index is 0.249. The van der Waals surface area contributed by atoms with E-state index in [-0.39, 0.29) is 12.5 Å². The molecule has 96 valence electrons. The van der Waals surface area contributed by atoms with E-state index < -0.39 is 24.0 Å². The third-order valence-corrected chi connectivity index (χ3v) is 2.87. The highest BCUT2D eigenvalue weighted by molar-refractivity contribution is 5.88. The van der Waals surface area contributed by atoms with Crippen LogP contribution in [0.4, 0.5) is 0 Å². The highest BCUT2D eigenvalue weighted by Gasteiger charge is 2.47. The SMILES string of the molecule is CCOC(=O)C1=C[C@@H]2OC(C)(C)O[C@@H]2[C@H](O)C1. The van der Waals surface area contributed by atoms with Gasteiger partial charge in [0.15, 0.2) is 5.79 Å². The van der Waals surface area contributed by atoms with Crippen molar-refractivity contribution in [3.63, 3.8) is 0 Å². The van der Waals surface area contributed by atoms with Crippen LogP contribution in [0.5, 0.6) is 0 Å². The first-order valence-corrected chi connectivity index (χ1v) is 5.84. The van der Waals surface area contributed by atoms with Gasteiger partial charge in [-0.15, -0.1) is 0 Å². The maximum atomic E-state index is 11.6. The standard InChI is InChI=1S/C12H18O5/c1-4-15-11(14)7-5-8(13)10-9(6-7)16-12(2,3)17-10/h6,8-10,13H,4-5H2,1-3H3/t8-,9+,10-/m1/s1.